The second-order valence-electron chi connectivity index (χ2n) is 4.82. The number of halogens is 2. The van der Waals surface area contributed by atoms with Gasteiger partial charge in [0.2, 0.25) is 5.91 Å². The predicted molar refractivity (Wildman–Crippen MR) is 73.4 cm³/mol. The molecule has 7 nitrogen and oxygen atoms in total. The summed E-state index contributed by atoms with van der Waals surface area (Å²) in [6.07, 6.45) is 1.58. The van der Waals surface area contributed by atoms with Gasteiger partial charge in [0.05, 0.1) is 10.8 Å². The number of nitrogens with zero attached hydrogens (tertiary/aromatic N) is 4. The number of anilines is 1. The number of pyridine rings is 1. The van der Waals surface area contributed by atoms with Crippen LogP contribution >= 0.6 is 11.6 Å². The van der Waals surface area contributed by atoms with Crippen LogP contribution in [0.15, 0.2) is 18.3 Å². The summed E-state index contributed by atoms with van der Waals surface area (Å²) < 4.78 is 35.5. The van der Waals surface area contributed by atoms with Gasteiger partial charge in [-0.3, -0.25) is 9.69 Å². The van der Waals surface area contributed by atoms with Crippen molar-refractivity contribution >= 4 is 39.3 Å². The standard InChI is InChI=1S/C11H10ClFN4O3S/c12-8-2-1-3-17-10(8)14-11(15-17)16-5-7(4-9(16)18)6-21(13,19)20/h1-3,7H,4-6H2. The first-order valence-electron chi connectivity index (χ1n) is 6.07. The van der Waals surface area contributed by atoms with Crippen LogP contribution in [0.5, 0.6) is 0 Å². The van der Waals surface area contributed by atoms with Gasteiger partial charge in [-0.15, -0.1) is 8.98 Å². The van der Waals surface area contributed by atoms with Crippen LogP contribution in [0.3, 0.4) is 0 Å². The van der Waals surface area contributed by atoms with Crippen LogP contribution in [0.4, 0.5) is 9.83 Å². The van der Waals surface area contributed by atoms with E-state index in [4.69, 9.17) is 11.6 Å². The molecule has 1 saturated heterocycles. The van der Waals surface area contributed by atoms with E-state index in [1.54, 1.807) is 18.3 Å². The Morgan fingerprint density at radius 1 is 1.48 bits per heavy atom. The minimum absolute atomic E-state index is 0.0492. The maximum atomic E-state index is 12.7. The molecule has 0 saturated carbocycles. The van der Waals surface area contributed by atoms with E-state index in [1.165, 1.54) is 9.42 Å². The molecule has 3 rings (SSSR count). The van der Waals surface area contributed by atoms with Crippen LogP contribution in [-0.2, 0) is 15.0 Å². The van der Waals surface area contributed by atoms with E-state index in [0.29, 0.717) is 10.7 Å². The fraction of sp³-hybridized carbons (Fsp3) is 0.364. The lowest BCUT2D eigenvalue weighted by atomic mass is 10.1. The van der Waals surface area contributed by atoms with Gasteiger partial charge in [0.15, 0.2) is 5.65 Å². The third kappa shape index (κ3) is 2.84. The van der Waals surface area contributed by atoms with Crippen LogP contribution < -0.4 is 4.90 Å². The fourth-order valence-corrected chi connectivity index (χ4v) is 3.33. The van der Waals surface area contributed by atoms with Crippen molar-refractivity contribution in [2.24, 2.45) is 5.92 Å². The number of hydrogen-bond acceptors (Lipinski definition) is 5. The Hall–Kier alpha value is -1.74. The molecule has 112 valence electrons. The lowest BCUT2D eigenvalue weighted by Gasteiger charge is -2.10. The number of rotatable bonds is 3. The van der Waals surface area contributed by atoms with Gasteiger partial charge in [-0.05, 0) is 12.1 Å². The summed E-state index contributed by atoms with van der Waals surface area (Å²) in [5.41, 5.74) is 0.392. The summed E-state index contributed by atoms with van der Waals surface area (Å²) in [6, 6.07) is 3.32. The van der Waals surface area contributed by atoms with E-state index in [2.05, 4.69) is 10.1 Å². The lowest BCUT2D eigenvalue weighted by molar-refractivity contribution is -0.117. The van der Waals surface area contributed by atoms with Crippen LogP contribution in [0.2, 0.25) is 5.02 Å². The van der Waals surface area contributed by atoms with E-state index in [1.807, 2.05) is 0 Å². The van der Waals surface area contributed by atoms with Crippen molar-refractivity contribution in [3.63, 3.8) is 0 Å². The van der Waals surface area contributed by atoms with E-state index < -0.39 is 21.9 Å². The number of amides is 1. The topological polar surface area (TPSA) is 84.6 Å². The van der Waals surface area contributed by atoms with Crippen molar-refractivity contribution in [2.45, 2.75) is 6.42 Å². The van der Waals surface area contributed by atoms with Crippen molar-refractivity contribution in [1.82, 2.24) is 14.6 Å². The highest BCUT2D eigenvalue weighted by molar-refractivity contribution is 7.86. The number of aromatic nitrogens is 3. The van der Waals surface area contributed by atoms with Crippen molar-refractivity contribution in [2.75, 3.05) is 17.2 Å². The molecule has 1 atom stereocenters. The SMILES string of the molecule is O=C1CC(CS(=O)(=O)F)CN1c1nc2c(Cl)cccn2n1. The van der Waals surface area contributed by atoms with Crippen LogP contribution in [0.1, 0.15) is 6.42 Å². The first kappa shape index (κ1) is 14.2. The summed E-state index contributed by atoms with van der Waals surface area (Å²) in [6.45, 7) is 0.0660. The van der Waals surface area contributed by atoms with Crippen molar-refractivity contribution < 1.29 is 17.1 Å². The number of carbonyl (C=O) groups excluding carboxylic acids is 1. The van der Waals surface area contributed by atoms with Crippen LogP contribution in [-0.4, -0.2) is 41.2 Å². The highest BCUT2D eigenvalue weighted by Crippen LogP contribution is 2.25. The van der Waals surface area contributed by atoms with Crippen molar-refractivity contribution in [1.29, 1.82) is 0 Å². The quantitative estimate of drug-likeness (QED) is 0.784. The molecule has 1 aliphatic rings. The Morgan fingerprint density at radius 3 is 2.90 bits per heavy atom. The largest absolute Gasteiger partial charge is 0.302 e. The summed E-state index contributed by atoms with van der Waals surface area (Å²) in [4.78, 5) is 17.3. The maximum absolute atomic E-state index is 12.7. The van der Waals surface area contributed by atoms with Crippen molar-refractivity contribution in [3.8, 4) is 0 Å². The van der Waals surface area contributed by atoms with Crippen molar-refractivity contribution in [3.05, 3.63) is 23.4 Å². The smallest absolute Gasteiger partial charge is 0.279 e. The molecule has 1 amide bonds. The van der Waals surface area contributed by atoms with Gasteiger partial charge in [0.1, 0.15) is 0 Å². The number of fused-ring (bicyclic) bond motifs is 1. The Morgan fingerprint density at radius 2 is 2.24 bits per heavy atom. The zero-order valence-electron chi connectivity index (χ0n) is 10.6. The van der Waals surface area contributed by atoms with Gasteiger partial charge in [0, 0.05) is 25.1 Å². The summed E-state index contributed by atoms with van der Waals surface area (Å²) >= 11 is 5.97. The normalized spacial score (nSPS) is 19.6. The predicted octanol–water partition coefficient (Wildman–Crippen LogP) is 1.03. The average Bonchev–Trinajstić information content (AvgIpc) is 2.91. The van der Waals surface area contributed by atoms with Gasteiger partial charge in [0.25, 0.3) is 5.95 Å². The Bertz CT molecular complexity index is 822. The molecule has 10 heteroatoms. The molecule has 2 aromatic heterocycles. The Balaban J connectivity index is 1.89. The summed E-state index contributed by atoms with van der Waals surface area (Å²) in [5.74, 6) is -1.49. The number of carbonyl (C=O) groups is 1. The molecule has 1 unspecified atom stereocenters. The highest BCUT2D eigenvalue weighted by atomic mass is 35.5. The summed E-state index contributed by atoms with van der Waals surface area (Å²) in [7, 11) is -4.61. The monoisotopic (exact) mass is 332 g/mol. The van der Waals surface area contributed by atoms with E-state index in [0.717, 1.165) is 0 Å². The fourth-order valence-electron chi connectivity index (χ4n) is 2.34. The maximum Gasteiger partial charge on any atom is 0.302 e. The molecular formula is C11H10ClFN4O3S. The van der Waals surface area contributed by atoms with Crippen LogP contribution in [0, 0.1) is 5.92 Å². The molecule has 3 heterocycles. The average molecular weight is 333 g/mol. The Kier molecular flexibility index (Phi) is 3.33. The third-order valence-electron chi connectivity index (χ3n) is 3.18. The van der Waals surface area contributed by atoms with Gasteiger partial charge >= 0.3 is 10.2 Å². The molecule has 0 aromatic carbocycles. The lowest BCUT2D eigenvalue weighted by Crippen LogP contribution is -2.26. The zero-order valence-corrected chi connectivity index (χ0v) is 12.2. The molecule has 1 fully saturated rings. The third-order valence-corrected chi connectivity index (χ3v) is 4.35. The van der Waals surface area contributed by atoms with E-state index in [9.17, 15) is 17.1 Å². The second-order valence-corrected chi connectivity index (χ2v) is 6.63. The molecular weight excluding hydrogens is 323 g/mol. The molecule has 2 aromatic rings. The zero-order chi connectivity index (χ0) is 15.2. The molecule has 1 aliphatic heterocycles. The van der Waals surface area contributed by atoms with Gasteiger partial charge < -0.3 is 0 Å². The second kappa shape index (κ2) is 4.92. The van der Waals surface area contributed by atoms with Gasteiger partial charge in [-0.25, -0.2) is 4.52 Å². The molecule has 0 bridgehead atoms. The van der Waals surface area contributed by atoms with E-state index >= 15 is 0 Å². The Labute approximate surface area is 124 Å². The minimum atomic E-state index is -4.61. The molecule has 21 heavy (non-hydrogen) atoms. The van der Waals surface area contributed by atoms with Crippen LogP contribution in [0.25, 0.3) is 5.65 Å². The highest BCUT2D eigenvalue weighted by Gasteiger charge is 2.35. The minimum Gasteiger partial charge on any atom is -0.279 e. The van der Waals surface area contributed by atoms with Gasteiger partial charge in [-0.2, -0.15) is 13.4 Å². The van der Waals surface area contributed by atoms with E-state index in [-0.39, 0.29) is 24.8 Å². The first-order valence-corrected chi connectivity index (χ1v) is 8.00. The first-order chi connectivity index (χ1) is 9.83. The molecule has 0 spiro atoms. The number of hydrogen-bond donors (Lipinski definition) is 0. The molecule has 0 aliphatic carbocycles. The van der Waals surface area contributed by atoms with Gasteiger partial charge in [-0.1, -0.05) is 11.6 Å². The molecule has 0 radical (unpaired) electrons. The molecule has 0 N–H and O–H groups in total. The summed E-state index contributed by atoms with van der Waals surface area (Å²) in [5, 5.41) is 4.50.